The summed E-state index contributed by atoms with van der Waals surface area (Å²) in [4.78, 5) is 0. The number of rotatable bonds is 5. The molecule has 0 spiro atoms. The van der Waals surface area contributed by atoms with Crippen LogP contribution in [-0.2, 0) is 6.54 Å². The number of aromatic hydroxyl groups is 1. The average Bonchev–Trinajstić information content (AvgIpc) is 2.39. The standard InChI is InChI=1S/C14H12ClF2NO2/c15-12-7-10(4-5-13(12)20-14(16)17)18-8-9-2-1-3-11(19)6-9/h1-7,14,18-19H,8H2. The van der Waals surface area contributed by atoms with Crippen LogP contribution in [-0.4, -0.2) is 11.7 Å². The number of alkyl halides is 2. The Hall–Kier alpha value is -2.01. The first-order valence-electron chi connectivity index (χ1n) is 5.81. The van der Waals surface area contributed by atoms with Gasteiger partial charge in [-0.3, -0.25) is 0 Å². The molecule has 0 unspecified atom stereocenters. The van der Waals surface area contributed by atoms with E-state index in [-0.39, 0.29) is 16.5 Å². The van der Waals surface area contributed by atoms with Crippen molar-refractivity contribution in [1.29, 1.82) is 0 Å². The molecule has 0 heterocycles. The number of phenols is 1. The Morgan fingerprint density at radius 3 is 2.65 bits per heavy atom. The van der Waals surface area contributed by atoms with Gasteiger partial charge in [-0.15, -0.1) is 0 Å². The van der Waals surface area contributed by atoms with Crippen molar-refractivity contribution < 1.29 is 18.6 Å². The molecule has 0 radical (unpaired) electrons. The van der Waals surface area contributed by atoms with Crippen LogP contribution in [0.5, 0.6) is 11.5 Å². The molecule has 0 aliphatic carbocycles. The van der Waals surface area contributed by atoms with E-state index < -0.39 is 6.61 Å². The maximum absolute atomic E-state index is 12.1. The summed E-state index contributed by atoms with van der Waals surface area (Å²) >= 11 is 5.84. The molecule has 0 aliphatic rings. The molecule has 6 heteroatoms. The van der Waals surface area contributed by atoms with Gasteiger partial charge in [-0.1, -0.05) is 23.7 Å². The molecule has 106 valence electrons. The molecule has 0 bridgehead atoms. The molecule has 0 fully saturated rings. The molecule has 2 aromatic carbocycles. The summed E-state index contributed by atoms with van der Waals surface area (Å²) < 4.78 is 28.4. The molecule has 0 amide bonds. The lowest BCUT2D eigenvalue weighted by Gasteiger charge is -2.10. The summed E-state index contributed by atoms with van der Waals surface area (Å²) in [5.74, 6) is 0.118. The van der Waals surface area contributed by atoms with Crippen molar-refractivity contribution in [3.8, 4) is 11.5 Å². The number of hydrogen-bond donors (Lipinski definition) is 2. The fraction of sp³-hybridized carbons (Fsp3) is 0.143. The van der Waals surface area contributed by atoms with E-state index in [1.54, 1.807) is 24.3 Å². The van der Waals surface area contributed by atoms with Crippen molar-refractivity contribution in [1.82, 2.24) is 0 Å². The van der Waals surface area contributed by atoms with Gasteiger partial charge in [0.2, 0.25) is 0 Å². The highest BCUT2D eigenvalue weighted by atomic mass is 35.5. The smallest absolute Gasteiger partial charge is 0.387 e. The molecule has 2 rings (SSSR count). The number of hydrogen-bond acceptors (Lipinski definition) is 3. The minimum absolute atomic E-state index is 0.0652. The van der Waals surface area contributed by atoms with Gasteiger partial charge in [0.15, 0.2) is 0 Å². The molecule has 0 atom stereocenters. The molecule has 2 aromatic rings. The van der Waals surface area contributed by atoms with Crippen LogP contribution in [0.4, 0.5) is 14.5 Å². The van der Waals surface area contributed by atoms with Crippen LogP contribution in [0.25, 0.3) is 0 Å². The predicted octanol–water partition coefficient (Wildman–Crippen LogP) is 4.26. The number of phenolic OH excluding ortho intramolecular Hbond substituents is 1. The van der Waals surface area contributed by atoms with E-state index in [0.717, 1.165) is 5.56 Å². The number of anilines is 1. The molecule has 0 saturated carbocycles. The van der Waals surface area contributed by atoms with Crippen LogP contribution >= 0.6 is 11.6 Å². The van der Waals surface area contributed by atoms with Gasteiger partial charge in [0.25, 0.3) is 0 Å². The first-order valence-corrected chi connectivity index (χ1v) is 6.18. The fourth-order valence-corrected chi connectivity index (χ4v) is 1.90. The number of halogens is 3. The van der Waals surface area contributed by atoms with Crippen LogP contribution in [0.15, 0.2) is 42.5 Å². The maximum atomic E-state index is 12.1. The van der Waals surface area contributed by atoms with Crippen LogP contribution in [0, 0.1) is 0 Å². The normalized spacial score (nSPS) is 10.6. The van der Waals surface area contributed by atoms with Crippen LogP contribution < -0.4 is 10.1 Å². The van der Waals surface area contributed by atoms with Gasteiger partial charge in [-0.05, 0) is 35.9 Å². The largest absolute Gasteiger partial charge is 0.508 e. The molecule has 20 heavy (non-hydrogen) atoms. The summed E-state index contributed by atoms with van der Waals surface area (Å²) in [6.45, 7) is -2.43. The van der Waals surface area contributed by atoms with Gasteiger partial charge in [0.05, 0.1) is 5.02 Å². The zero-order valence-electron chi connectivity index (χ0n) is 10.3. The summed E-state index contributed by atoms with van der Waals surface area (Å²) in [7, 11) is 0. The second kappa shape index (κ2) is 6.43. The zero-order valence-corrected chi connectivity index (χ0v) is 11.1. The van der Waals surface area contributed by atoms with Gasteiger partial charge in [-0.25, -0.2) is 0 Å². The second-order valence-corrected chi connectivity index (χ2v) is 4.45. The van der Waals surface area contributed by atoms with Gasteiger partial charge < -0.3 is 15.2 Å². The Bertz CT molecular complexity index is 593. The van der Waals surface area contributed by atoms with Crippen molar-refractivity contribution in [2.45, 2.75) is 13.2 Å². The first-order chi connectivity index (χ1) is 9.54. The van der Waals surface area contributed by atoms with Crippen LogP contribution in [0.3, 0.4) is 0 Å². The summed E-state index contributed by atoms with van der Waals surface area (Å²) in [6, 6.07) is 11.3. The lowest BCUT2D eigenvalue weighted by Crippen LogP contribution is -2.03. The van der Waals surface area contributed by atoms with Crippen molar-refractivity contribution in [3.05, 3.63) is 53.1 Å². The van der Waals surface area contributed by atoms with Gasteiger partial charge >= 0.3 is 6.61 Å². The Morgan fingerprint density at radius 2 is 2.00 bits per heavy atom. The van der Waals surface area contributed by atoms with Crippen molar-refractivity contribution in [2.75, 3.05) is 5.32 Å². The van der Waals surface area contributed by atoms with Gasteiger partial charge in [0.1, 0.15) is 11.5 Å². The van der Waals surface area contributed by atoms with E-state index in [0.29, 0.717) is 12.2 Å². The highest BCUT2D eigenvalue weighted by molar-refractivity contribution is 6.32. The van der Waals surface area contributed by atoms with E-state index >= 15 is 0 Å². The second-order valence-electron chi connectivity index (χ2n) is 4.05. The Labute approximate surface area is 119 Å². The maximum Gasteiger partial charge on any atom is 0.387 e. The highest BCUT2D eigenvalue weighted by Crippen LogP contribution is 2.29. The molecule has 3 nitrogen and oxygen atoms in total. The minimum atomic E-state index is -2.90. The molecular weight excluding hydrogens is 288 g/mol. The van der Waals surface area contributed by atoms with Gasteiger partial charge in [-0.2, -0.15) is 8.78 Å². The monoisotopic (exact) mass is 299 g/mol. The summed E-state index contributed by atoms with van der Waals surface area (Å²) in [6.07, 6.45) is 0. The van der Waals surface area contributed by atoms with E-state index in [9.17, 15) is 13.9 Å². The zero-order chi connectivity index (χ0) is 14.5. The first kappa shape index (κ1) is 14.4. The van der Waals surface area contributed by atoms with E-state index in [2.05, 4.69) is 10.1 Å². The lowest BCUT2D eigenvalue weighted by molar-refractivity contribution is -0.0497. The molecule has 0 aliphatic heterocycles. The SMILES string of the molecule is Oc1cccc(CNc2ccc(OC(F)F)c(Cl)c2)c1. The molecular formula is C14H12ClF2NO2. The Balaban J connectivity index is 2.02. The van der Waals surface area contributed by atoms with Crippen LogP contribution in [0.2, 0.25) is 5.02 Å². The van der Waals surface area contributed by atoms with Crippen molar-refractivity contribution in [2.24, 2.45) is 0 Å². The van der Waals surface area contributed by atoms with Crippen molar-refractivity contribution >= 4 is 17.3 Å². The summed E-state index contributed by atoms with van der Waals surface area (Å²) in [5, 5.41) is 12.5. The third-order valence-corrected chi connectivity index (χ3v) is 2.85. The van der Waals surface area contributed by atoms with Crippen molar-refractivity contribution in [3.63, 3.8) is 0 Å². The number of benzene rings is 2. The van der Waals surface area contributed by atoms with Gasteiger partial charge in [0, 0.05) is 12.2 Å². The van der Waals surface area contributed by atoms with Crippen LogP contribution in [0.1, 0.15) is 5.56 Å². The Kier molecular flexibility index (Phi) is 4.63. The highest BCUT2D eigenvalue weighted by Gasteiger charge is 2.08. The third-order valence-electron chi connectivity index (χ3n) is 2.56. The molecule has 0 saturated heterocycles. The average molecular weight is 300 g/mol. The summed E-state index contributed by atoms with van der Waals surface area (Å²) in [5.41, 5.74) is 1.55. The minimum Gasteiger partial charge on any atom is -0.508 e. The molecule has 0 aromatic heterocycles. The Morgan fingerprint density at radius 1 is 1.20 bits per heavy atom. The number of nitrogens with one attached hydrogen (secondary N) is 1. The lowest BCUT2D eigenvalue weighted by atomic mass is 10.2. The van der Waals surface area contributed by atoms with E-state index in [4.69, 9.17) is 11.6 Å². The quantitative estimate of drug-likeness (QED) is 0.867. The topological polar surface area (TPSA) is 41.5 Å². The predicted molar refractivity (Wildman–Crippen MR) is 73.5 cm³/mol. The molecule has 2 N–H and O–H groups in total. The third kappa shape index (κ3) is 3.99. The fourth-order valence-electron chi connectivity index (χ4n) is 1.67. The van der Waals surface area contributed by atoms with E-state index in [1.165, 1.54) is 12.1 Å². The number of ether oxygens (including phenoxy) is 1. The van der Waals surface area contributed by atoms with E-state index in [1.807, 2.05) is 6.07 Å².